The standard InChI is InChI=1S/C11H15BrO2S/c12-10-3-2-9(15-10)6-11(7-13)4-1-5-14-8-11/h2-3,13H,1,4-8H2. The van der Waals surface area contributed by atoms with Crippen molar-refractivity contribution >= 4 is 27.3 Å². The van der Waals surface area contributed by atoms with Crippen molar-refractivity contribution in [1.82, 2.24) is 0 Å². The highest BCUT2D eigenvalue weighted by Crippen LogP contribution is 2.35. The Morgan fingerprint density at radius 1 is 1.53 bits per heavy atom. The van der Waals surface area contributed by atoms with E-state index in [2.05, 4.69) is 28.1 Å². The molecule has 0 aliphatic carbocycles. The average Bonchev–Trinajstić information content (AvgIpc) is 2.65. The van der Waals surface area contributed by atoms with Gasteiger partial charge in [0, 0.05) is 16.9 Å². The van der Waals surface area contributed by atoms with E-state index in [-0.39, 0.29) is 12.0 Å². The first kappa shape index (κ1) is 11.6. The third kappa shape index (κ3) is 2.81. The zero-order chi connectivity index (χ0) is 10.7. The molecule has 2 heterocycles. The molecule has 0 bridgehead atoms. The Bertz CT molecular complexity index is 318. The molecular formula is C11H15BrO2S. The lowest BCUT2D eigenvalue weighted by Crippen LogP contribution is -2.37. The van der Waals surface area contributed by atoms with Crippen molar-refractivity contribution < 1.29 is 9.84 Å². The fourth-order valence-electron chi connectivity index (χ4n) is 2.05. The summed E-state index contributed by atoms with van der Waals surface area (Å²) in [5, 5.41) is 9.52. The topological polar surface area (TPSA) is 29.5 Å². The molecule has 84 valence electrons. The quantitative estimate of drug-likeness (QED) is 0.928. The third-order valence-corrected chi connectivity index (χ3v) is 4.54. The lowest BCUT2D eigenvalue weighted by Gasteiger charge is -2.35. The van der Waals surface area contributed by atoms with Crippen molar-refractivity contribution in [2.45, 2.75) is 19.3 Å². The van der Waals surface area contributed by atoms with Gasteiger partial charge >= 0.3 is 0 Å². The molecule has 1 saturated heterocycles. The van der Waals surface area contributed by atoms with E-state index in [1.165, 1.54) is 4.88 Å². The van der Waals surface area contributed by atoms with Crippen LogP contribution in [-0.4, -0.2) is 24.9 Å². The SMILES string of the molecule is OCC1(Cc2ccc(Br)s2)CCCOC1. The molecule has 1 aliphatic rings. The Kier molecular flexibility index (Phi) is 3.83. The number of hydrogen-bond acceptors (Lipinski definition) is 3. The van der Waals surface area contributed by atoms with Gasteiger partial charge in [-0.05, 0) is 47.3 Å². The summed E-state index contributed by atoms with van der Waals surface area (Å²) in [5.74, 6) is 0. The van der Waals surface area contributed by atoms with Gasteiger partial charge in [-0.3, -0.25) is 0 Å². The van der Waals surface area contributed by atoms with Crippen LogP contribution in [0, 0.1) is 5.41 Å². The summed E-state index contributed by atoms with van der Waals surface area (Å²) < 4.78 is 6.64. The number of aliphatic hydroxyl groups excluding tert-OH is 1. The maximum atomic E-state index is 9.52. The van der Waals surface area contributed by atoms with E-state index in [4.69, 9.17) is 4.74 Å². The number of aliphatic hydroxyl groups is 1. The van der Waals surface area contributed by atoms with Crippen molar-refractivity contribution in [2.24, 2.45) is 5.41 Å². The molecule has 4 heteroatoms. The minimum absolute atomic E-state index is 0.0391. The van der Waals surface area contributed by atoms with Gasteiger partial charge in [0.2, 0.25) is 0 Å². The zero-order valence-corrected chi connectivity index (χ0v) is 10.9. The van der Waals surface area contributed by atoms with Crippen LogP contribution < -0.4 is 0 Å². The van der Waals surface area contributed by atoms with E-state index in [0.717, 1.165) is 29.7 Å². The maximum absolute atomic E-state index is 9.52. The molecule has 0 radical (unpaired) electrons. The Morgan fingerprint density at radius 2 is 2.40 bits per heavy atom. The summed E-state index contributed by atoms with van der Waals surface area (Å²) in [6, 6.07) is 4.19. The number of ether oxygens (including phenoxy) is 1. The summed E-state index contributed by atoms with van der Waals surface area (Å²) in [6.45, 7) is 1.76. The van der Waals surface area contributed by atoms with Crippen molar-refractivity contribution in [3.63, 3.8) is 0 Å². The van der Waals surface area contributed by atoms with E-state index in [9.17, 15) is 5.11 Å². The molecule has 1 N–H and O–H groups in total. The minimum atomic E-state index is -0.0391. The van der Waals surface area contributed by atoms with Gasteiger partial charge in [-0.15, -0.1) is 11.3 Å². The summed E-state index contributed by atoms with van der Waals surface area (Å²) in [7, 11) is 0. The fraction of sp³-hybridized carbons (Fsp3) is 0.636. The van der Waals surface area contributed by atoms with Crippen LogP contribution in [0.5, 0.6) is 0 Å². The first-order valence-electron chi connectivity index (χ1n) is 5.17. The Morgan fingerprint density at radius 3 is 2.93 bits per heavy atom. The second kappa shape index (κ2) is 4.95. The van der Waals surface area contributed by atoms with Gasteiger partial charge in [-0.2, -0.15) is 0 Å². The highest BCUT2D eigenvalue weighted by Gasteiger charge is 2.32. The lowest BCUT2D eigenvalue weighted by molar-refractivity contribution is -0.0374. The Labute approximate surface area is 102 Å². The van der Waals surface area contributed by atoms with Crippen LogP contribution in [0.4, 0.5) is 0 Å². The van der Waals surface area contributed by atoms with Gasteiger partial charge in [0.25, 0.3) is 0 Å². The predicted octanol–water partition coefficient (Wildman–Crippen LogP) is 2.84. The van der Waals surface area contributed by atoms with Crippen LogP contribution in [0.3, 0.4) is 0 Å². The maximum Gasteiger partial charge on any atom is 0.0701 e. The second-order valence-electron chi connectivity index (χ2n) is 4.20. The van der Waals surface area contributed by atoms with Gasteiger partial charge in [0.1, 0.15) is 0 Å². The molecule has 0 aromatic carbocycles. The molecule has 1 aromatic heterocycles. The molecular weight excluding hydrogens is 276 g/mol. The largest absolute Gasteiger partial charge is 0.396 e. The minimum Gasteiger partial charge on any atom is -0.396 e. The van der Waals surface area contributed by atoms with Crippen LogP contribution in [0.25, 0.3) is 0 Å². The molecule has 15 heavy (non-hydrogen) atoms. The number of halogens is 1. The molecule has 2 nitrogen and oxygen atoms in total. The van der Waals surface area contributed by atoms with Gasteiger partial charge in [-0.25, -0.2) is 0 Å². The van der Waals surface area contributed by atoms with E-state index in [0.29, 0.717) is 6.61 Å². The van der Waals surface area contributed by atoms with Crippen molar-refractivity contribution in [2.75, 3.05) is 19.8 Å². The van der Waals surface area contributed by atoms with Crippen LogP contribution in [-0.2, 0) is 11.2 Å². The summed E-state index contributed by atoms with van der Waals surface area (Å²) in [4.78, 5) is 1.32. The Balaban J connectivity index is 2.06. The van der Waals surface area contributed by atoms with Gasteiger partial charge in [-0.1, -0.05) is 0 Å². The number of thiophene rings is 1. The number of hydrogen-bond donors (Lipinski definition) is 1. The van der Waals surface area contributed by atoms with Crippen LogP contribution in [0.2, 0.25) is 0 Å². The van der Waals surface area contributed by atoms with Crippen molar-refractivity contribution in [3.8, 4) is 0 Å². The summed E-state index contributed by atoms with van der Waals surface area (Å²) in [6.07, 6.45) is 3.06. The summed E-state index contributed by atoms with van der Waals surface area (Å²) in [5.41, 5.74) is -0.0391. The van der Waals surface area contributed by atoms with Gasteiger partial charge in [0.05, 0.1) is 17.0 Å². The predicted molar refractivity (Wildman–Crippen MR) is 65.3 cm³/mol. The smallest absolute Gasteiger partial charge is 0.0701 e. The van der Waals surface area contributed by atoms with E-state index in [1.54, 1.807) is 11.3 Å². The van der Waals surface area contributed by atoms with Crippen LogP contribution in [0.1, 0.15) is 17.7 Å². The van der Waals surface area contributed by atoms with E-state index >= 15 is 0 Å². The molecule has 0 amide bonds. The monoisotopic (exact) mass is 290 g/mol. The molecule has 1 atom stereocenters. The molecule has 1 aromatic rings. The van der Waals surface area contributed by atoms with E-state index in [1.807, 2.05) is 0 Å². The third-order valence-electron chi connectivity index (χ3n) is 2.92. The zero-order valence-electron chi connectivity index (χ0n) is 8.54. The average molecular weight is 291 g/mol. The molecule has 0 saturated carbocycles. The van der Waals surface area contributed by atoms with Crippen molar-refractivity contribution in [3.05, 3.63) is 20.8 Å². The van der Waals surface area contributed by atoms with Crippen molar-refractivity contribution in [1.29, 1.82) is 0 Å². The fourth-order valence-corrected chi connectivity index (χ4v) is 3.70. The summed E-state index contributed by atoms with van der Waals surface area (Å²) >= 11 is 5.21. The van der Waals surface area contributed by atoms with Crippen LogP contribution >= 0.6 is 27.3 Å². The van der Waals surface area contributed by atoms with Gasteiger partial charge in [0.15, 0.2) is 0 Å². The first-order chi connectivity index (χ1) is 7.24. The molecule has 0 spiro atoms. The van der Waals surface area contributed by atoms with Gasteiger partial charge < -0.3 is 9.84 Å². The molecule has 1 fully saturated rings. The van der Waals surface area contributed by atoms with E-state index < -0.39 is 0 Å². The Hall–Kier alpha value is 0.1000. The molecule has 2 rings (SSSR count). The molecule has 1 unspecified atom stereocenters. The lowest BCUT2D eigenvalue weighted by atomic mass is 9.80. The molecule has 1 aliphatic heterocycles. The number of rotatable bonds is 3. The first-order valence-corrected chi connectivity index (χ1v) is 6.78. The normalized spacial score (nSPS) is 26.8. The van der Waals surface area contributed by atoms with Crippen LogP contribution in [0.15, 0.2) is 15.9 Å². The second-order valence-corrected chi connectivity index (χ2v) is 6.74. The highest BCUT2D eigenvalue weighted by molar-refractivity contribution is 9.11. The highest BCUT2D eigenvalue weighted by atomic mass is 79.9.